The van der Waals surface area contributed by atoms with Crippen LogP contribution >= 0.6 is 0 Å². The predicted molar refractivity (Wildman–Crippen MR) is 75.7 cm³/mol. The number of ether oxygens (including phenoxy) is 1. The number of hydrogen-bond acceptors (Lipinski definition) is 3. The van der Waals surface area contributed by atoms with Crippen molar-refractivity contribution in [1.29, 1.82) is 0 Å². The Labute approximate surface area is 116 Å². The van der Waals surface area contributed by atoms with E-state index in [1.165, 1.54) is 12.8 Å². The van der Waals surface area contributed by atoms with Crippen molar-refractivity contribution in [3.63, 3.8) is 0 Å². The molecule has 1 aliphatic heterocycles. The minimum Gasteiger partial charge on any atom is -0.381 e. The Morgan fingerprint density at radius 3 is 2.74 bits per heavy atom. The third-order valence-electron chi connectivity index (χ3n) is 4.63. The second-order valence-electron chi connectivity index (χ2n) is 6.27. The molecule has 0 radical (unpaired) electrons. The van der Waals surface area contributed by atoms with Crippen molar-refractivity contribution in [2.24, 2.45) is 23.5 Å². The molecule has 1 saturated carbocycles. The van der Waals surface area contributed by atoms with Gasteiger partial charge in [0.15, 0.2) is 0 Å². The molecule has 2 fully saturated rings. The van der Waals surface area contributed by atoms with Gasteiger partial charge >= 0.3 is 0 Å². The maximum atomic E-state index is 12.5. The van der Waals surface area contributed by atoms with Gasteiger partial charge in [-0.05, 0) is 50.5 Å². The Morgan fingerprint density at radius 2 is 2.05 bits per heavy atom. The Hall–Kier alpha value is -0.610. The number of amides is 1. The summed E-state index contributed by atoms with van der Waals surface area (Å²) >= 11 is 0. The molecule has 0 aromatic heterocycles. The van der Waals surface area contributed by atoms with Crippen LogP contribution < -0.4 is 5.73 Å². The van der Waals surface area contributed by atoms with E-state index in [0.29, 0.717) is 17.7 Å². The van der Waals surface area contributed by atoms with Crippen LogP contribution in [0.15, 0.2) is 0 Å². The molecule has 3 unspecified atom stereocenters. The van der Waals surface area contributed by atoms with Crippen LogP contribution in [0.5, 0.6) is 0 Å². The first kappa shape index (κ1) is 14.8. The van der Waals surface area contributed by atoms with Crippen molar-refractivity contribution < 1.29 is 9.53 Å². The summed E-state index contributed by atoms with van der Waals surface area (Å²) in [6.45, 7) is 3.27. The maximum absolute atomic E-state index is 12.5. The minimum absolute atomic E-state index is 0.205. The molecule has 2 N–H and O–H groups in total. The smallest absolute Gasteiger partial charge is 0.225 e. The largest absolute Gasteiger partial charge is 0.381 e. The Morgan fingerprint density at radius 1 is 1.26 bits per heavy atom. The summed E-state index contributed by atoms with van der Waals surface area (Å²) in [6.07, 6.45) is 6.69. The normalized spacial score (nSPS) is 32.0. The van der Waals surface area contributed by atoms with Crippen LogP contribution in [0.4, 0.5) is 0 Å². The van der Waals surface area contributed by atoms with Gasteiger partial charge in [0.2, 0.25) is 5.91 Å². The van der Waals surface area contributed by atoms with Gasteiger partial charge in [-0.2, -0.15) is 0 Å². The molecule has 19 heavy (non-hydrogen) atoms. The van der Waals surface area contributed by atoms with Crippen molar-refractivity contribution in [3.05, 3.63) is 0 Å². The monoisotopic (exact) mass is 268 g/mol. The van der Waals surface area contributed by atoms with E-state index in [0.717, 1.165) is 52.0 Å². The highest BCUT2D eigenvalue weighted by molar-refractivity contribution is 5.78. The molecule has 0 aromatic carbocycles. The molecule has 1 heterocycles. The summed E-state index contributed by atoms with van der Waals surface area (Å²) < 4.78 is 5.49. The predicted octanol–water partition coefficient (Wildman–Crippen LogP) is 1.64. The number of carbonyl (C=O) groups is 1. The van der Waals surface area contributed by atoms with Gasteiger partial charge in [-0.3, -0.25) is 4.79 Å². The Kier molecular flexibility index (Phi) is 5.64. The molecule has 4 nitrogen and oxygen atoms in total. The molecule has 110 valence electrons. The zero-order valence-corrected chi connectivity index (χ0v) is 12.1. The summed E-state index contributed by atoms with van der Waals surface area (Å²) in [5.74, 6) is 1.60. The number of nitrogens with zero attached hydrogens (tertiary/aromatic N) is 1. The summed E-state index contributed by atoms with van der Waals surface area (Å²) in [7, 11) is 1.95. The first-order valence-corrected chi connectivity index (χ1v) is 7.73. The molecule has 1 amide bonds. The van der Waals surface area contributed by atoms with E-state index in [9.17, 15) is 4.79 Å². The number of rotatable bonds is 4. The highest BCUT2D eigenvalue weighted by Gasteiger charge is 2.29. The average Bonchev–Trinajstić information content (AvgIpc) is 2.47. The highest BCUT2D eigenvalue weighted by Crippen LogP contribution is 2.29. The van der Waals surface area contributed by atoms with E-state index in [1.807, 2.05) is 11.9 Å². The maximum Gasteiger partial charge on any atom is 0.225 e. The first-order chi connectivity index (χ1) is 9.20. The molecular weight excluding hydrogens is 240 g/mol. The first-order valence-electron chi connectivity index (χ1n) is 7.73. The van der Waals surface area contributed by atoms with Crippen LogP contribution in [-0.2, 0) is 9.53 Å². The fourth-order valence-electron chi connectivity index (χ4n) is 3.47. The molecule has 1 saturated heterocycles. The number of nitrogens with two attached hydrogens (primary N) is 1. The Balaban J connectivity index is 1.80. The van der Waals surface area contributed by atoms with Crippen LogP contribution in [0.25, 0.3) is 0 Å². The summed E-state index contributed by atoms with van der Waals surface area (Å²) in [6, 6.07) is 0. The van der Waals surface area contributed by atoms with Crippen molar-refractivity contribution in [2.75, 3.05) is 33.4 Å². The number of hydrogen-bond donors (Lipinski definition) is 1. The molecule has 2 aliphatic rings. The van der Waals surface area contributed by atoms with Crippen molar-refractivity contribution in [3.8, 4) is 0 Å². The molecule has 4 heteroatoms. The third-order valence-corrected chi connectivity index (χ3v) is 4.63. The molecule has 3 atom stereocenters. The Bertz CT molecular complexity index is 290. The average molecular weight is 268 g/mol. The van der Waals surface area contributed by atoms with Gasteiger partial charge in [0.1, 0.15) is 0 Å². The van der Waals surface area contributed by atoms with E-state index >= 15 is 0 Å². The minimum atomic E-state index is 0.205. The highest BCUT2D eigenvalue weighted by atomic mass is 16.5. The summed E-state index contributed by atoms with van der Waals surface area (Å²) in [5, 5.41) is 0. The van der Waals surface area contributed by atoms with Crippen LogP contribution in [0.3, 0.4) is 0 Å². The molecular formula is C15H28N2O2. The van der Waals surface area contributed by atoms with Crippen molar-refractivity contribution in [1.82, 2.24) is 4.90 Å². The van der Waals surface area contributed by atoms with Gasteiger partial charge in [0, 0.05) is 26.1 Å². The zero-order valence-electron chi connectivity index (χ0n) is 12.1. The quantitative estimate of drug-likeness (QED) is 0.843. The van der Waals surface area contributed by atoms with Crippen LogP contribution in [0.1, 0.15) is 38.5 Å². The second-order valence-corrected chi connectivity index (χ2v) is 6.27. The lowest BCUT2D eigenvalue weighted by Crippen LogP contribution is -2.40. The standard InChI is InChI=1S/C15H28N2O2/c1-17(10-13-5-3-7-19-11-13)15(18)14-6-2-4-12(8-14)9-16/h12-14H,2-11,16H2,1H3. The van der Waals surface area contributed by atoms with E-state index in [1.54, 1.807) is 0 Å². The van der Waals surface area contributed by atoms with Gasteiger partial charge in [0.25, 0.3) is 0 Å². The lowest BCUT2D eigenvalue weighted by Gasteiger charge is -2.33. The van der Waals surface area contributed by atoms with Crippen molar-refractivity contribution in [2.45, 2.75) is 38.5 Å². The van der Waals surface area contributed by atoms with E-state index < -0.39 is 0 Å². The van der Waals surface area contributed by atoms with Crippen LogP contribution in [0, 0.1) is 17.8 Å². The van der Waals surface area contributed by atoms with Gasteiger partial charge in [-0.15, -0.1) is 0 Å². The lowest BCUT2D eigenvalue weighted by atomic mass is 9.80. The van der Waals surface area contributed by atoms with Gasteiger partial charge in [0.05, 0.1) is 6.61 Å². The molecule has 0 aromatic rings. The van der Waals surface area contributed by atoms with Gasteiger partial charge in [-0.1, -0.05) is 6.42 Å². The van der Waals surface area contributed by atoms with Crippen LogP contribution in [0.2, 0.25) is 0 Å². The van der Waals surface area contributed by atoms with Crippen molar-refractivity contribution >= 4 is 5.91 Å². The fraction of sp³-hybridized carbons (Fsp3) is 0.933. The summed E-state index contributed by atoms with van der Waals surface area (Å²) in [5.41, 5.74) is 5.75. The van der Waals surface area contributed by atoms with E-state index in [-0.39, 0.29) is 5.92 Å². The lowest BCUT2D eigenvalue weighted by molar-refractivity contribution is -0.136. The molecule has 0 spiro atoms. The third kappa shape index (κ3) is 4.18. The number of carbonyl (C=O) groups excluding carboxylic acids is 1. The second kappa shape index (κ2) is 7.25. The van der Waals surface area contributed by atoms with Crippen LogP contribution in [-0.4, -0.2) is 44.2 Å². The van der Waals surface area contributed by atoms with E-state index in [2.05, 4.69) is 0 Å². The van der Waals surface area contributed by atoms with Gasteiger partial charge < -0.3 is 15.4 Å². The van der Waals surface area contributed by atoms with Gasteiger partial charge in [-0.25, -0.2) is 0 Å². The topological polar surface area (TPSA) is 55.6 Å². The molecule has 0 bridgehead atoms. The molecule has 2 rings (SSSR count). The van der Waals surface area contributed by atoms with E-state index in [4.69, 9.17) is 10.5 Å². The summed E-state index contributed by atoms with van der Waals surface area (Å²) in [4.78, 5) is 14.4. The SMILES string of the molecule is CN(CC1CCCOC1)C(=O)C1CCCC(CN)C1. The zero-order chi connectivity index (χ0) is 13.7. The molecule has 1 aliphatic carbocycles. The fourth-order valence-corrected chi connectivity index (χ4v) is 3.47.